The SMILES string of the molecule is O=C(Cc1csc(CCc2ccncc2)n1)Nc1ccccc1F. The van der Waals surface area contributed by atoms with Gasteiger partial charge in [0.1, 0.15) is 5.82 Å². The highest BCUT2D eigenvalue weighted by Gasteiger charge is 2.10. The second-order valence-corrected chi connectivity index (χ2v) is 6.24. The van der Waals surface area contributed by atoms with Crippen LogP contribution in [0.15, 0.2) is 54.2 Å². The molecule has 2 heterocycles. The van der Waals surface area contributed by atoms with E-state index >= 15 is 0 Å². The van der Waals surface area contributed by atoms with Crippen LogP contribution in [-0.2, 0) is 24.1 Å². The predicted octanol–water partition coefficient (Wildman–Crippen LogP) is 3.64. The first-order valence-electron chi connectivity index (χ1n) is 7.57. The third kappa shape index (κ3) is 4.45. The molecule has 24 heavy (non-hydrogen) atoms. The fourth-order valence-corrected chi connectivity index (χ4v) is 3.07. The standard InChI is InChI=1S/C18H16FN3OS/c19-15-3-1-2-4-16(15)22-17(23)11-14-12-24-18(21-14)6-5-13-7-9-20-10-8-13/h1-4,7-10,12H,5-6,11H2,(H,22,23). The molecule has 0 saturated heterocycles. The van der Waals surface area contributed by atoms with Gasteiger partial charge in [-0.05, 0) is 36.2 Å². The minimum absolute atomic E-state index is 0.139. The summed E-state index contributed by atoms with van der Waals surface area (Å²) in [6.07, 6.45) is 5.39. The molecule has 0 saturated carbocycles. The number of nitrogens with zero attached hydrogens (tertiary/aromatic N) is 2. The maximum absolute atomic E-state index is 13.5. The maximum Gasteiger partial charge on any atom is 0.230 e. The number of rotatable bonds is 6. The number of carbonyl (C=O) groups is 1. The number of amides is 1. The van der Waals surface area contributed by atoms with Crippen molar-refractivity contribution in [1.29, 1.82) is 0 Å². The molecule has 1 amide bonds. The smallest absolute Gasteiger partial charge is 0.230 e. The molecule has 0 radical (unpaired) electrons. The van der Waals surface area contributed by atoms with Crippen molar-refractivity contribution in [2.75, 3.05) is 5.32 Å². The molecular weight excluding hydrogens is 325 g/mol. The van der Waals surface area contributed by atoms with Crippen LogP contribution < -0.4 is 5.32 Å². The van der Waals surface area contributed by atoms with E-state index in [-0.39, 0.29) is 18.0 Å². The normalized spacial score (nSPS) is 10.5. The lowest BCUT2D eigenvalue weighted by Crippen LogP contribution is -2.15. The molecule has 3 rings (SSSR count). The van der Waals surface area contributed by atoms with Crippen molar-refractivity contribution in [3.05, 3.63) is 76.3 Å². The first-order valence-corrected chi connectivity index (χ1v) is 8.45. The number of pyridine rings is 1. The van der Waals surface area contributed by atoms with Crippen molar-refractivity contribution < 1.29 is 9.18 Å². The zero-order chi connectivity index (χ0) is 16.8. The van der Waals surface area contributed by atoms with Crippen molar-refractivity contribution in [1.82, 2.24) is 9.97 Å². The Kier molecular flexibility index (Phi) is 5.28. The van der Waals surface area contributed by atoms with Crippen LogP contribution in [0.1, 0.15) is 16.3 Å². The number of anilines is 1. The van der Waals surface area contributed by atoms with Crippen LogP contribution in [0.4, 0.5) is 10.1 Å². The summed E-state index contributed by atoms with van der Waals surface area (Å²) in [7, 11) is 0. The van der Waals surface area contributed by atoms with Crippen LogP contribution in [0.2, 0.25) is 0 Å². The summed E-state index contributed by atoms with van der Waals surface area (Å²) in [6.45, 7) is 0. The number of aromatic nitrogens is 2. The molecule has 0 aliphatic heterocycles. The summed E-state index contributed by atoms with van der Waals surface area (Å²) in [4.78, 5) is 20.5. The van der Waals surface area contributed by atoms with Crippen LogP contribution in [0.5, 0.6) is 0 Å². The van der Waals surface area contributed by atoms with Gasteiger partial charge < -0.3 is 5.32 Å². The number of halogens is 1. The van der Waals surface area contributed by atoms with E-state index in [0.717, 1.165) is 17.8 Å². The van der Waals surface area contributed by atoms with Crippen LogP contribution in [0.25, 0.3) is 0 Å². The number of hydrogen-bond acceptors (Lipinski definition) is 4. The molecule has 0 aliphatic carbocycles. The van der Waals surface area contributed by atoms with E-state index in [1.54, 1.807) is 24.5 Å². The molecule has 0 spiro atoms. The van der Waals surface area contributed by atoms with E-state index in [2.05, 4.69) is 15.3 Å². The summed E-state index contributed by atoms with van der Waals surface area (Å²) in [5.41, 5.74) is 2.10. The Labute approximate surface area is 143 Å². The molecule has 0 bridgehead atoms. The van der Waals surface area contributed by atoms with Crippen LogP contribution in [-0.4, -0.2) is 15.9 Å². The van der Waals surface area contributed by atoms with E-state index in [0.29, 0.717) is 5.69 Å². The van der Waals surface area contributed by atoms with E-state index in [4.69, 9.17) is 0 Å². The number of benzene rings is 1. The van der Waals surface area contributed by atoms with Crippen molar-refractivity contribution in [3.63, 3.8) is 0 Å². The topological polar surface area (TPSA) is 54.9 Å². The zero-order valence-electron chi connectivity index (χ0n) is 12.9. The van der Waals surface area contributed by atoms with Crippen molar-refractivity contribution >= 4 is 22.9 Å². The van der Waals surface area contributed by atoms with Crippen LogP contribution >= 0.6 is 11.3 Å². The van der Waals surface area contributed by atoms with Gasteiger partial charge in [-0.2, -0.15) is 0 Å². The third-order valence-electron chi connectivity index (χ3n) is 3.47. The summed E-state index contributed by atoms with van der Waals surface area (Å²) >= 11 is 1.54. The second kappa shape index (κ2) is 7.79. The van der Waals surface area contributed by atoms with Gasteiger partial charge in [0.2, 0.25) is 5.91 Å². The van der Waals surface area contributed by atoms with Crippen molar-refractivity contribution in [2.24, 2.45) is 0 Å². The number of thiazole rings is 1. The molecule has 1 aromatic carbocycles. The fourth-order valence-electron chi connectivity index (χ4n) is 2.27. The zero-order valence-corrected chi connectivity index (χ0v) is 13.7. The first kappa shape index (κ1) is 16.3. The number of nitrogens with one attached hydrogen (secondary N) is 1. The molecule has 0 fully saturated rings. The largest absolute Gasteiger partial charge is 0.323 e. The van der Waals surface area contributed by atoms with Gasteiger partial charge in [-0.15, -0.1) is 11.3 Å². The molecule has 2 aromatic heterocycles. The van der Waals surface area contributed by atoms with Gasteiger partial charge in [0.25, 0.3) is 0 Å². The lowest BCUT2D eigenvalue weighted by atomic mass is 10.1. The van der Waals surface area contributed by atoms with Crippen LogP contribution in [0, 0.1) is 5.82 Å². The lowest BCUT2D eigenvalue weighted by Gasteiger charge is -2.04. The summed E-state index contributed by atoms with van der Waals surface area (Å²) in [6, 6.07) is 10.1. The molecule has 3 aromatic rings. The molecule has 6 heteroatoms. The summed E-state index contributed by atoms with van der Waals surface area (Å²) in [5.74, 6) is -0.715. The first-order chi connectivity index (χ1) is 11.7. The Morgan fingerprint density at radius 3 is 2.71 bits per heavy atom. The molecule has 0 aliphatic rings. The monoisotopic (exact) mass is 341 g/mol. The number of aryl methyl sites for hydroxylation is 2. The highest BCUT2D eigenvalue weighted by molar-refractivity contribution is 7.09. The van der Waals surface area contributed by atoms with Gasteiger partial charge in [-0.3, -0.25) is 9.78 Å². The average molecular weight is 341 g/mol. The Bertz CT molecular complexity index is 820. The van der Waals surface area contributed by atoms with Gasteiger partial charge in [0, 0.05) is 24.2 Å². The molecular formula is C18H16FN3OS. The quantitative estimate of drug-likeness (QED) is 0.745. The fraction of sp³-hybridized carbons (Fsp3) is 0.167. The van der Waals surface area contributed by atoms with E-state index < -0.39 is 5.82 Å². The molecule has 0 unspecified atom stereocenters. The summed E-state index contributed by atoms with van der Waals surface area (Å²) in [5, 5.41) is 5.43. The predicted molar refractivity (Wildman–Crippen MR) is 92.5 cm³/mol. The van der Waals surface area contributed by atoms with Gasteiger partial charge in [-0.1, -0.05) is 12.1 Å². The third-order valence-corrected chi connectivity index (χ3v) is 4.42. The minimum Gasteiger partial charge on any atom is -0.323 e. The van der Waals surface area contributed by atoms with Gasteiger partial charge in [0.05, 0.1) is 22.8 Å². The van der Waals surface area contributed by atoms with Gasteiger partial charge >= 0.3 is 0 Å². The van der Waals surface area contributed by atoms with Gasteiger partial charge in [-0.25, -0.2) is 9.37 Å². The van der Waals surface area contributed by atoms with E-state index in [1.807, 2.05) is 17.5 Å². The maximum atomic E-state index is 13.5. The number of para-hydroxylation sites is 1. The van der Waals surface area contributed by atoms with E-state index in [9.17, 15) is 9.18 Å². The Hall–Kier alpha value is -2.60. The van der Waals surface area contributed by atoms with E-state index in [1.165, 1.54) is 29.0 Å². The Balaban J connectivity index is 1.54. The highest BCUT2D eigenvalue weighted by atomic mass is 32.1. The Morgan fingerprint density at radius 2 is 1.92 bits per heavy atom. The molecule has 0 atom stereocenters. The number of hydrogen-bond donors (Lipinski definition) is 1. The average Bonchev–Trinajstić information content (AvgIpc) is 3.03. The number of carbonyl (C=O) groups excluding carboxylic acids is 1. The molecule has 1 N–H and O–H groups in total. The van der Waals surface area contributed by atoms with Crippen molar-refractivity contribution in [3.8, 4) is 0 Å². The van der Waals surface area contributed by atoms with Gasteiger partial charge in [0.15, 0.2) is 0 Å². The minimum atomic E-state index is -0.442. The Morgan fingerprint density at radius 1 is 1.12 bits per heavy atom. The molecule has 4 nitrogen and oxygen atoms in total. The van der Waals surface area contributed by atoms with Crippen LogP contribution in [0.3, 0.4) is 0 Å². The lowest BCUT2D eigenvalue weighted by molar-refractivity contribution is -0.115. The second-order valence-electron chi connectivity index (χ2n) is 5.29. The van der Waals surface area contributed by atoms with Crippen molar-refractivity contribution in [2.45, 2.75) is 19.3 Å². The molecule has 122 valence electrons. The summed E-state index contributed by atoms with van der Waals surface area (Å²) < 4.78 is 13.5. The highest BCUT2D eigenvalue weighted by Crippen LogP contribution is 2.15.